The molecule has 0 fully saturated rings. The summed E-state index contributed by atoms with van der Waals surface area (Å²) in [6.07, 6.45) is 0. The Bertz CT molecular complexity index is 181. The van der Waals surface area contributed by atoms with Gasteiger partial charge < -0.3 is 14.4 Å². The average molecular weight is 217 g/mol. The minimum atomic E-state index is 0.704. The molecule has 0 aliphatic heterocycles. The molecule has 0 rings (SSSR count). The van der Waals surface area contributed by atoms with Crippen LogP contribution in [0.3, 0.4) is 0 Å². The van der Waals surface area contributed by atoms with E-state index in [2.05, 4.69) is 19.0 Å². The van der Waals surface area contributed by atoms with Crippen molar-refractivity contribution in [3.63, 3.8) is 0 Å². The second-order valence-electron chi connectivity index (χ2n) is 3.40. The highest BCUT2D eigenvalue weighted by Crippen LogP contribution is 2.05. The van der Waals surface area contributed by atoms with Crippen LogP contribution in [0.25, 0.3) is 0 Å². The normalized spacial score (nSPS) is 12.9. The molecule has 0 aliphatic rings. The molecular formula is C10H23NO2Si. The van der Waals surface area contributed by atoms with Crippen LogP contribution in [0.1, 0.15) is 13.8 Å². The maximum Gasteiger partial charge on any atom is 0.0860 e. The third-order valence-corrected chi connectivity index (χ3v) is 2.86. The minimum Gasteiger partial charge on any atom is -0.379 e. The summed E-state index contributed by atoms with van der Waals surface area (Å²) in [5.74, 6) is 0. The zero-order valence-corrected chi connectivity index (χ0v) is 12.1. The van der Waals surface area contributed by atoms with Gasteiger partial charge in [-0.25, -0.2) is 0 Å². The number of hydrogen-bond acceptors (Lipinski definition) is 3. The van der Waals surface area contributed by atoms with Crippen molar-refractivity contribution in [2.45, 2.75) is 13.8 Å². The van der Waals surface area contributed by atoms with E-state index >= 15 is 0 Å². The van der Waals surface area contributed by atoms with E-state index < -0.39 is 0 Å². The fraction of sp³-hybridized carbons (Fsp3) is 0.800. The Labute approximate surface area is 90.5 Å². The van der Waals surface area contributed by atoms with Crippen molar-refractivity contribution in [2.24, 2.45) is 0 Å². The smallest absolute Gasteiger partial charge is 0.0860 e. The molecule has 0 unspecified atom stereocenters. The molecule has 0 saturated carbocycles. The first kappa shape index (κ1) is 13.7. The summed E-state index contributed by atoms with van der Waals surface area (Å²) in [6.45, 7) is 7.04. The molecule has 84 valence electrons. The Morgan fingerprint density at radius 1 is 1.07 bits per heavy atom. The predicted octanol–water partition coefficient (Wildman–Crippen LogP) is 0.198. The van der Waals surface area contributed by atoms with Gasteiger partial charge in [0.05, 0.1) is 13.2 Å². The van der Waals surface area contributed by atoms with E-state index in [1.807, 2.05) is 13.8 Å². The van der Waals surface area contributed by atoms with Crippen LogP contribution in [0.2, 0.25) is 0 Å². The molecule has 0 N–H and O–H groups in total. The van der Waals surface area contributed by atoms with Gasteiger partial charge >= 0.3 is 0 Å². The van der Waals surface area contributed by atoms with Crippen LogP contribution in [0.15, 0.2) is 10.9 Å². The van der Waals surface area contributed by atoms with E-state index in [4.69, 9.17) is 9.47 Å². The van der Waals surface area contributed by atoms with E-state index in [0.717, 1.165) is 30.1 Å². The molecular weight excluding hydrogens is 194 g/mol. The van der Waals surface area contributed by atoms with Gasteiger partial charge in [0, 0.05) is 43.2 Å². The predicted molar refractivity (Wildman–Crippen MR) is 63.6 cm³/mol. The first-order chi connectivity index (χ1) is 6.63. The molecule has 0 aromatic heterocycles. The van der Waals surface area contributed by atoms with Crippen LogP contribution in [0.4, 0.5) is 0 Å². The largest absolute Gasteiger partial charge is 0.379 e. The second kappa shape index (κ2) is 8.02. The Morgan fingerprint density at radius 3 is 2.00 bits per heavy atom. The molecule has 0 heterocycles. The summed E-state index contributed by atoms with van der Waals surface area (Å²) in [6, 6.07) is 0. The van der Waals surface area contributed by atoms with Crippen molar-refractivity contribution in [1.29, 1.82) is 0 Å². The van der Waals surface area contributed by atoms with Crippen molar-refractivity contribution < 1.29 is 9.47 Å². The zero-order chi connectivity index (χ0) is 11.0. The lowest BCUT2D eigenvalue weighted by Crippen LogP contribution is -2.20. The Hall–Kier alpha value is -0.323. The molecule has 0 saturated heterocycles. The van der Waals surface area contributed by atoms with Gasteiger partial charge in [-0.05, 0) is 19.0 Å². The highest BCUT2D eigenvalue weighted by atomic mass is 28.1. The highest BCUT2D eigenvalue weighted by molar-refractivity contribution is 6.22. The fourth-order valence-corrected chi connectivity index (χ4v) is 1.97. The number of rotatable bonds is 7. The van der Waals surface area contributed by atoms with Crippen LogP contribution in [0, 0.1) is 0 Å². The van der Waals surface area contributed by atoms with Gasteiger partial charge in [-0.2, -0.15) is 0 Å². The van der Waals surface area contributed by atoms with E-state index in [1.165, 1.54) is 10.9 Å². The lowest BCUT2D eigenvalue weighted by atomic mass is 10.4. The number of nitrogens with zero attached hydrogens (tertiary/aromatic N) is 1. The maximum atomic E-state index is 5.43. The highest BCUT2D eigenvalue weighted by Gasteiger charge is 2.04. The molecule has 14 heavy (non-hydrogen) atoms. The summed E-state index contributed by atoms with van der Waals surface area (Å²) in [5, 5.41) is 1.38. The van der Waals surface area contributed by atoms with Gasteiger partial charge in [0.1, 0.15) is 0 Å². The first-order valence-electron chi connectivity index (χ1n) is 5.14. The maximum absolute atomic E-state index is 5.43. The third-order valence-electron chi connectivity index (χ3n) is 2.00. The fourth-order valence-electron chi connectivity index (χ4n) is 1.17. The van der Waals surface area contributed by atoms with Gasteiger partial charge in [0.25, 0.3) is 0 Å². The summed E-state index contributed by atoms with van der Waals surface area (Å²) < 4.78 is 10.8. The Morgan fingerprint density at radius 2 is 1.57 bits per heavy atom. The molecule has 0 aromatic carbocycles. The van der Waals surface area contributed by atoms with Gasteiger partial charge in [0.15, 0.2) is 0 Å². The lowest BCUT2D eigenvalue weighted by Gasteiger charge is -2.20. The number of likely N-dealkylation sites (N-methyl/N-ethyl adjacent to an activating group) is 1. The molecule has 0 aromatic rings. The zero-order valence-electron chi connectivity index (χ0n) is 10.1. The van der Waals surface area contributed by atoms with Crippen LogP contribution in [-0.2, 0) is 9.47 Å². The van der Waals surface area contributed by atoms with Crippen molar-refractivity contribution in [1.82, 2.24) is 4.90 Å². The van der Waals surface area contributed by atoms with Crippen molar-refractivity contribution in [3.05, 3.63) is 10.9 Å². The molecule has 0 aliphatic carbocycles. The summed E-state index contributed by atoms with van der Waals surface area (Å²) >= 11 is 0. The SMILES string of the molecule is CCOCC([SiH3])=C(COCC)N(C)C. The molecule has 0 radical (unpaired) electrons. The van der Waals surface area contributed by atoms with Crippen molar-refractivity contribution in [3.8, 4) is 0 Å². The van der Waals surface area contributed by atoms with E-state index in [9.17, 15) is 0 Å². The molecule has 0 bridgehead atoms. The van der Waals surface area contributed by atoms with E-state index in [-0.39, 0.29) is 0 Å². The summed E-state index contributed by atoms with van der Waals surface area (Å²) in [5.41, 5.74) is 1.27. The number of ether oxygens (including phenoxy) is 2. The summed E-state index contributed by atoms with van der Waals surface area (Å²) in [4.78, 5) is 2.12. The van der Waals surface area contributed by atoms with Gasteiger partial charge in [-0.3, -0.25) is 0 Å². The number of hydrogen-bond donors (Lipinski definition) is 0. The Balaban J connectivity index is 4.26. The summed E-state index contributed by atoms with van der Waals surface area (Å²) in [7, 11) is 5.14. The molecule has 4 heteroatoms. The van der Waals surface area contributed by atoms with Gasteiger partial charge in [-0.1, -0.05) is 0 Å². The Kier molecular flexibility index (Phi) is 7.84. The molecule has 0 atom stereocenters. The van der Waals surface area contributed by atoms with Crippen molar-refractivity contribution in [2.75, 3.05) is 40.5 Å². The van der Waals surface area contributed by atoms with Crippen LogP contribution < -0.4 is 0 Å². The first-order valence-corrected chi connectivity index (χ1v) is 6.14. The van der Waals surface area contributed by atoms with Gasteiger partial charge in [0.2, 0.25) is 0 Å². The average Bonchev–Trinajstić information content (AvgIpc) is 2.14. The molecule has 3 nitrogen and oxygen atoms in total. The van der Waals surface area contributed by atoms with Crippen LogP contribution in [-0.4, -0.2) is 55.7 Å². The van der Waals surface area contributed by atoms with Crippen molar-refractivity contribution >= 4 is 10.2 Å². The van der Waals surface area contributed by atoms with Crippen LogP contribution >= 0.6 is 0 Å². The second-order valence-corrected chi connectivity index (χ2v) is 4.60. The standard InChI is InChI=1S/C10H23NO2Si/c1-5-12-7-9(11(3)4)10(14)8-13-6-2/h5-8H2,1-4,14H3. The quantitative estimate of drug-likeness (QED) is 0.569. The van der Waals surface area contributed by atoms with Crippen LogP contribution in [0.5, 0.6) is 0 Å². The third kappa shape index (κ3) is 5.42. The van der Waals surface area contributed by atoms with Gasteiger partial charge in [-0.15, -0.1) is 0 Å². The van der Waals surface area contributed by atoms with E-state index in [1.54, 1.807) is 0 Å². The molecule has 0 spiro atoms. The van der Waals surface area contributed by atoms with E-state index in [0.29, 0.717) is 6.61 Å². The topological polar surface area (TPSA) is 21.7 Å². The molecule has 0 amide bonds. The monoisotopic (exact) mass is 217 g/mol. The minimum absolute atomic E-state index is 0.704. The lowest BCUT2D eigenvalue weighted by molar-refractivity contribution is 0.147.